The molecule has 180 valence electrons. The summed E-state index contributed by atoms with van der Waals surface area (Å²) in [5, 5.41) is 0. The van der Waals surface area contributed by atoms with Crippen molar-refractivity contribution in [2.24, 2.45) is 0 Å². The van der Waals surface area contributed by atoms with Gasteiger partial charge in [0.25, 0.3) is 11.5 Å². The third-order valence-electron chi connectivity index (χ3n) is 4.92. The minimum Gasteiger partial charge on any atom is -0.496 e. The number of nitrogen functional groups attached to an aromatic ring is 1. The van der Waals surface area contributed by atoms with Crippen molar-refractivity contribution in [3.63, 3.8) is 0 Å². The van der Waals surface area contributed by atoms with Crippen LogP contribution < -0.4 is 26.6 Å². The zero-order valence-corrected chi connectivity index (χ0v) is 20.1. The number of hydrogen-bond donors (Lipinski definition) is 2. The van der Waals surface area contributed by atoms with Gasteiger partial charge in [0, 0.05) is 18.0 Å². The Balaban J connectivity index is 2.31. The maximum Gasteiger partial charge on any atom is 0.342 e. The Kier molecular flexibility index (Phi) is 9.58. The molecule has 3 N–H and O–H groups in total. The van der Waals surface area contributed by atoms with Crippen LogP contribution in [0.4, 0.5) is 11.5 Å². The molecule has 0 bridgehead atoms. The molecular formula is C22H30N4O6S. The molecule has 10 nitrogen and oxygen atoms in total. The van der Waals surface area contributed by atoms with Gasteiger partial charge in [0.1, 0.15) is 17.1 Å². The molecule has 2 rings (SSSR count). The average Bonchev–Trinajstić information content (AvgIpc) is 2.81. The molecule has 1 aromatic heterocycles. The number of H-pyrrole nitrogens is 1. The second-order valence-corrected chi connectivity index (χ2v) is 8.07. The molecule has 0 fully saturated rings. The van der Waals surface area contributed by atoms with E-state index < -0.39 is 29.7 Å². The quantitative estimate of drug-likeness (QED) is 0.371. The second-order valence-electron chi connectivity index (χ2n) is 7.19. The van der Waals surface area contributed by atoms with Crippen molar-refractivity contribution < 1.29 is 19.1 Å². The number of carbonyl (C=O) groups excluding carboxylic acids is 2. The molecule has 0 aliphatic heterocycles. The molecule has 1 amide bonds. The van der Waals surface area contributed by atoms with Gasteiger partial charge in [-0.25, -0.2) is 9.59 Å². The minimum absolute atomic E-state index is 0.101. The monoisotopic (exact) mass is 478 g/mol. The lowest BCUT2D eigenvalue weighted by Gasteiger charge is -2.24. The van der Waals surface area contributed by atoms with Crippen LogP contribution in [-0.4, -0.2) is 47.9 Å². The van der Waals surface area contributed by atoms with Crippen LogP contribution in [0, 0.1) is 0 Å². The number of aromatic amines is 1. The lowest BCUT2D eigenvalue weighted by atomic mass is 10.2. The number of amides is 1. The van der Waals surface area contributed by atoms with Crippen LogP contribution in [0.2, 0.25) is 0 Å². The van der Waals surface area contributed by atoms with Crippen LogP contribution >= 0.6 is 11.8 Å². The zero-order chi connectivity index (χ0) is 24.5. The van der Waals surface area contributed by atoms with Gasteiger partial charge in [0.2, 0.25) is 0 Å². The highest BCUT2D eigenvalue weighted by atomic mass is 32.2. The lowest BCUT2D eigenvalue weighted by molar-refractivity contribution is -0.121. The molecule has 0 atom stereocenters. The van der Waals surface area contributed by atoms with E-state index in [1.165, 1.54) is 28.3 Å². The molecule has 2 aromatic rings. The van der Waals surface area contributed by atoms with Crippen LogP contribution in [0.15, 0.2) is 32.7 Å². The number of carbonyl (C=O) groups is 2. The lowest BCUT2D eigenvalue weighted by Crippen LogP contribution is -2.43. The first-order valence-corrected chi connectivity index (χ1v) is 11.8. The largest absolute Gasteiger partial charge is 0.496 e. The summed E-state index contributed by atoms with van der Waals surface area (Å²) in [4.78, 5) is 54.6. The number of nitrogens with zero attached hydrogens (tertiary/aromatic N) is 2. The molecule has 0 radical (unpaired) electrons. The number of methoxy groups -OCH3 is 1. The zero-order valence-electron chi connectivity index (χ0n) is 19.3. The number of nitrogens with two attached hydrogens (primary N) is 1. The number of esters is 1. The molecule has 0 aliphatic carbocycles. The van der Waals surface area contributed by atoms with E-state index in [0.717, 1.165) is 11.3 Å². The Morgan fingerprint density at radius 2 is 1.94 bits per heavy atom. The van der Waals surface area contributed by atoms with Gasteiger partial charge in [0.05, 0.1) is 7.11 Å². The number of aromatic nitrogens is 2. The Bertz CT molecular complexity index is 1110. The van der Waals surface area contributed by atoms with Crippen molar-refractivity contribution in [2.45, 2.75) is 44.6 Å². The summed E-state index contributed by atoms with van der Waals surface area (Å²) in [5.74, 6) is -1.14. The number of hydrogen-bond acceptors (Lipinski definition) is 8. The van der Waals surface area contributed by atoms with Crippen LogP contribution in [0.25, 0.3) is 0 Å². The topological polar surface area (TPSA) is 137 Å². The summed E-state index contributed by atoms with van der Waals surface area (Å²) >= 11 is 1.49. The maximum absolute atomic E-state index is 13.0. The molecular weight excluding hydrogens is 448 g/mol. The summed E-state index contributed by atoms with van der Waals surface area (Å²) in [6.07, 6.45) is 3.82. The molecule has 0 saturated heterocycles. The minimum atomic E-state index is -0.769. The third-order valence-corrected chi connectivity index (χ3v) is 5.65. The van der Waals surface area contributed by atoms with Gasteiger partial charge < -0.3 is 20.1 Å². The Morgan fingerprint density at radius 3 is 2.55 bits per heavy atom. The molecule has 0 aliphatic rings. The van der Waals surface area contributed by atoms with E-state index in [4.69, 9.17) is 15.2 Å². The summed E-state index contributed by atoms with van der Waals surface area (Å²) < 4.78 is 11.7. The molecule has 1 heterocycles. The fraction of sp³-hybridized carbons (Fsp3) is 0.455. The maximum atomic E-state index is 13.0. The van der Waals surface area contributed by atoms with Crippen molar-refractivity contribution in [3.8, 4) is 5.75 Å². The van der Waals surface area contributed by atoms with Gasteiger partial charge in [-0.3, -0.25) is 19.1 Å². The smallest absolute Gasteiger partial charge is 0.342 e. The number of unbranched alkanes of at least 4 members (excludes halogenated alkanes) is 1. The van der Waals surface area contributed by atoms with E-state index in [1.807, 2.05) is 20.1 Å². The van der Waals surface area contributed by atoms with E-state index in [1.54, 1.807) is 18.2 Å². The number of benzene rings is 1. The predicted octanol–water partition coefficient (Wildman–Crippen LogP) is 2.25. The summed E-state index contributed by atoms with van der Waals surface area (Å²) in [5.41, 5.74) is 4.76. The van der Waals surface area contributed by atoms with E-state index >= 15 is 0 Å². The second kappa shape index (κ2) is 12.1. The summed E-state index contributed by atoms with van der Waals surface area (Å²) in [7, 11) is 1.44. The van der Waals surface area contributed by atoms with Crippen molar-refractivity contribution in [2.75, 3.05) is 37.2 Å². The van der Waals surface area contributed by atoms with E-state index in [-0.39, 0.29) is 30.2 Å². The number of thioether (sulfide) groups is 1. The molecule has 33 heavy (non-hydrogen) atoms. The van der Waals surface area contributed by atoms with Crippen LogP contribution in [0.1, 0.15) is 43.5 Å². The molecule has 0 saturated carbocycles. The van der Waals surface area contributed by atoms with Gasteiger partial charge in [-0.15, -0.1) is 11.8 Å². The first-order valence-electron chi connectivity index (χ1n) is 10.6. The molecule has 1 aromatic carbocycles. The SMILES string of the molecule is CCCCN(C(=O)COC(=O)c1ccc(SC)cc1OC)c1c(N)n(CCC)c(=O)[nH]c1=O. The fourth-order valence-electron chi connectivity index (χ4n) is 3.21. The van der Waals surface area contributed by atoms with Crippen molar-refractivity contribution in [1.29, 1.82) is 0 Å². The van der Waals surface area contributed by atoms with Crippen molar-refractivity contribution >= 4 is 35.1 Å². The normalized spacial score (nSPS) is 10.7. The summed E-state index contributed by atoms with van der Waals surface area (Å²) in [6, 6.07) is 5.01. The van der Waals surface area contributed by atoms with Crippen molar-refractivity contribution in [3.05, 3.63) is 44.6 Å². The Morgan fingerprint density at radius 1 is 1.21 bits per heavy atom. The highest BCUT2D eigenvalue weighted by molar-refractivity contribution is 7.98. The van der Waals surface area contributed by atoms with Crippen LogP contribution in [-0.2, 0) is 16.1 Å². The van der Waals surface area contributed by atoms with Crippen LogP contribution in [0.5, 0.6) is 5.75 Å². The van der Waals surface area contributed by atoms with Gasteiger partial charge in [0.15, 0.2) is 12.3 Å². The van der Waals surface area contributed by atoms with Gasteiger partial charge in [-0.05, 0) is 37.3 Å². The average molecular weight is 479 g/mol. The van der Waals surface area contributed by atoms with E-state index in [2.05, 4.69) is 4.98 Å². The van der Waals surface area contributed by atoms with Crippen LogP contribution in [0.3, 0.4) is 0 Å². The standard InChI is InChI=1S/C22H30N4O6S/c1-5-7-11-25(18-19(23)26(10-6-2)22(30)24-20(18)28)17(27)13-32-21(29)15-9-8-14(33-4)12-16(15)31-3/h8-9,12H,5-7,10-11,13,23H2,1-4H3,(H,24,28,30). The van der Waals surface area contributed by atoms with Crippen molar-refractivity contribution in [1.82, 2.24) is 9.55 Å². The van der Waals surface area contributed by atoms with E-state index in [0.29, 0.717) is 18.6 Å². The number of nitrogens with one attached hydrogen (secondary N) is 1. The first kappa shape index (κ1) is 26.0. The van der Waals surface area contributed by atoms with Gasteiger partial charge >= 0.3 is 11.7 Å². The highest BCUT2D eigenvalue weighted by Gasteiger charge is 2.25. The fourth-order valence-corrected chi connectivity index (χ4v) is 3.64. The third kappa shape index (κ3) is 6.19. The van der Waals surface area contributed by atoms with Gasteiger partial charge in [-0.1, -0.05) is 20.3 Å². The summed E-state index contributed by atoms with van der Waals surface area (Å²) in [6.45, 7) is 3.64. The molecule has 0 unspecified atom stereocenters. The highest BCUT2D eigenvalue weighted by Crippen LogP contribution is 2.26. The molecule has 11 heteroatoms. The first-order chi connectivity index (χ1) is 15.8. The number of anilines is 2. The van der Waals surface area contributed by atoms with E-state index in [9.17, 15) is 19.2 Å². The predicted molar refractivity (Wildman–Crippen MR) is 128 cm³/mol. The molecule has 0 spiro atoms. The number of rotatable bonds is 11. The Hall–Kier alpha value is -3.21. The number of ether oxygens (including phenoxy) is 2. The van der Waals surface area contributed by atoms with Gasteiger partial charge in [-0.2, -0.15) is 0 Å². The Labute approximate surface area is 196 Å².